The molecule has 0 saturated heterocycles. The molecule has 1 aromatic carbocycles. The Kier molecular flexibility index (Phi) is 4.43. The summed E-state index contributed by atoms with van der Waals surface area (Å²) >= 11 is 4.42. The number of nitro groups is 1. The standard InChI is InChI=1S/C11H9BrFN3O2S/c12-8-3-11(16(17)18)10(4-9(8)13)14-2-1-7-5-19-6-15-7/h3-6,14H,1-2H2. The van der Waals surface area contributed by atoms with Gasteiger partial charge in [0.05, 0.1) is 20.6 Å². The number of nitrogens with zero attached hydrogens (tertiary/aromatic N) is 2. The zero-order valence-corrected chi connectivity index (χ0v) is 12.0. The Morgan fingerprint density at radius 3 is 2.95 bits per heavy atom. The Morgan fingerprint density at radius 1 is 1.53 bits per heavy atom. The number of aromatic nitrogens is 1. The lowest BCUT2D eigenvalue weighted by atomic mass is 10.2. The summed E-state index contributed by atoms with van der Waals surface area (Å²) in [5.41, 5.74) is 2.63. The summed E-state index contributed by atoms with van der Waals surface area (Å²) in [6.07, 6.45) is 0.623. The summed E-state index contributed by atoms with van der Waals surface area (Å²) in [5, 5.41) is 15.7. The largest absolute Gasteiger partial charge is 0.379 e. The van der Waals surface area contributed by atoms with E-state index in [9.17, 15) is 14.5 Å². The third-order valence-corrected chi connectivity index (χ3v) is 3.66. The van der Waals surface area contributed by atoms with Crippen LogP contribution in [0.5, 0.6) is 0 Å². The normalized spacial score (nSPS) is 10.4. The lowest BCUT2D eigenvalue weighted by Crippen LogP contribution is -2.07. The molecule has 1 heterocycles. The minimum atomic E-state index is -0.546. The highest BCUT2D eigenvalue weighted by molar-refractivity contribution is 9.10. The molecule has 0 radical (unpaired) electrons. The van der Waals surface area contributed by atoms with Gasteiger partial charge in [-0.25, -0.2) is 9.37 Å². The molecule has 100 valence electrons. The quantitative estimate of drug-likeness (QED) is 0.663. The number of halogens is 2. The van der Waals surface area contributed by atoms with Crippen molar-refractivity contribution in [2.45, 2.75) is 6.42 Å². The zero-order valence-electron chi connectivity index (χ0n) is 9.60. The molecule has 0 fully saturated rings. The van der Waals surface area contributed by atoms with Gasteiger partial charge in [0.2, 0.25) is 0 Å². The Labute approximate surface area is 120 Å². The first kappa shape index (κ1) is 13.9. The maximum atomic E-state index is 13.4. The topological polar surface area (TPSA) is 68.1 Å². The van der Waals surface area contributed by atoms with Crippen LogP contribution in [0.15, 0.2) is 27.5 Å². The van der Waals surface area contributed by atoms with Crippen molar-refractivity contribution in [3.8, 4) is 0 Å². The maximum absolute atomic E-state index is 13.4. The van der Waals surface area contributed by atoms with Gasteiger partial charge >= 0.3 is 0 Å². The van der Waals surface area contributed by atoms with E-state index in [2.05, 4.69) is 26.2 Å². The summed E-state index contributed by atoms with van der Waals surface area (Å²) in [7, 11) is 0. The molecule has 8 heteroatoms. The van der Waals surface area contributed by atoms with Gasteiger partial charge in [-0.05, 0) is 15.9 Å². The molecule has 2 rings (SSSR count). The average molecular weight is 346 g/mol. The Hall–Kier alpha value is -1.54. The van der Waals surface area contributed by atoms with Crippen LogP contribution in [0, 0.1) is 15.9 Å². The van der Waals surface area contributed by atoms with Crippen molar-refractivity contribution in [3.05, 3.63) is 49.1 Å². The van der Waals surface area contributed by atoms with E-state index in [-0.39, 0.29) is 15.8 Å². The highest BCUT2D eigenvalue weighted by atomic mass is 79.9. The summed E-state index contributed by atoms with van der Waals surface area (Å²) in [6.45, 7) is 0.450. The van der Waals surface area contributed by atoms with E-state index in [0.717, 1.165) is 17.8 Å². The molecular weight excluding hydrogens is 337 g/mol. The number of rotatable bonds is 5. The molecule has 19 heavy (non-hydrogen) atoms. The van der Waals surface area contributed by atoms with Gasteiger partial charge in [-0.1, -0.05) is 0 Å². The van der Waals surface area contributed by atoms with Crippen molar-refractivity contribution >= 4 is 38.6 Å². The van der Waals surface area contributed by atoms with Crippen LogP contribution >= 0.6 is 27.3 Å². The van der Waals surface area contributed by atoms with Crippen LogP contribution in [0.3, 0.4) is 0 Å². The Balaban J connectivity index is 2.10. The van der Waals surface area contributed by atoms with Crippen LogP contribution in [0.25, 0.3) is 0 Å². The molecule has 0 saturated carbocycles. The number of nitro benzene ring substituents is 1. The molecule has 0 bridgehead atoms. The van der Waals surface area contributed by atoms with Crippen LogP contribution < -0.4 is 5.32 Å². The zero-order chi connectivity index (χ0) is 13.8. The van der Waals surface area contributed by atoms with Crippen LogP contribution in [0.2, 0.25) is 0 Å². The summed E-state index contributed by atoms with van der Waals surface area (Å²) < 4.78 is 13.5. The molecule has 5 nitrogen and oxygen atoms in total. The summed E-state index contributed by atoms with van der Waals surface area (Å²) in [4.78, 5) is 14.4. The Bertz CT molecular complexity index is 592. The number of benzene rings is 1. The third kappa shape index (κ3) is 3.48. The molecule has 1 aromatic heterocycles. The van der Waals surface area contributed by atoms with E-state index in [1.807, 2.05) is 5.38 Å². The minimum Gasteiger partial charge on any atom is -0.379 e. The first-order valence-corrected chi connectivity index (χ1v) is 7.06. The van der Waals surface area contributed by atoms with E-state index in [4.69, 9.17) is 0 Å². The van der Waals surface area contributed by atoms with Gasteiger partial charge in [-0.3, -0.25) is 10.1 Å². The van der Waals surface area contributed by atoms with Crippen molar-refractivity contribution in [3.63, 3.8) is 0 Å². The minimum absolute atomic E-state index is 0.0734. The number of nitrogens with one attached hydrogen (secondary N) is 1. The molecule has 1 N–H and O–H groups in total. The molecule has 0 spiro atoms. The molecular formula is C11H9BrFN3O2S. The maximum Gasteiger partial charge on any atom is 0.293 e. The van der Waals surface area contributed by atoms with E-state index in [1.165, 1.54) is 11.3 Å². The first-order valence-electron chi connectivity index (χ1n) is 5.32. The fourth-order valence-corrected chi connectivity index (χ4v) is 2.44. The number of hydrogen-bond acceptors (Lipinski definition) is 5. The number of thiazole rings is 1. The molecule has 2 aromatic rings. The fraction of sp³-hybridized carbons (Fsp3) is 0.182. The van der Waals surface area contributed by atoms with Gasteiger partial charge in [0.15, 0.2) is 0 Å². The van der Waals surface area contributed by atoms with Crippen molar-refractivity contribution in [2.24, 2.45) is 0 Å². The van der Waals surface area contributed by atoms with E-state index >= 15 is 0 Å². The predicted molar refractivity (Wildman–Crippen MR) is 75.1 cm³/mol. The van der Waals surface area contributed by atoms with Gasteiger partial charge < -0.3 is 5.32 Å². The van der Waals surface area contributed by atoms with E-state index < -0.39 is 10.7 Å². The van der Waals surface area contributed by atoms with Gasteiger partial charge in [0, 0.05) is 30.5 Å². The van der Waals surface area contributed by atoms with Crippen LogP contribution in [0.4, 0.5) is 15.8 Å². The molecule has 0 aliphatic carbocycles. The fourth-order valence-electron chi connectivity index (χ4n) is 1.52. The van der Waals surface area contributed by atoms with Crippen molar-refractivity contribution in [2.75, 3.05) is 11.9 Å². The predicted octanol–water partition coefficient (Wildman–Crippen LogP) is 3.61. The summed E-state index contributed by atoms with van der Waals surface area (Å²) in [5.74, 6) is -0.540. The van der Waals surface area contributed by atoms with Gasteiger partial charge in [0.25, 0.3) is 5.69 Å². The van der Waals surface area contributed by atoms with Gasteiger partial charge in [0.1, 0.15) is 11.5 Å². The molecule has 0 aliphatic rings. The van der Waals surface area contributed by atoms with E-state index in [0.29, 0.717) is 13.0 Å². The van der Waals surface area contributed by atoms with Gasteiger partial charge in [-0.15, -0.1) is 11.3 Å². The van der Waals surface area contributed by atoms with Crippen LogP contribution in [-0.2, 0) is 6.42 Å². The molecule has 0 aliphatic heterocycles. The van der Waals surface area contributed by atoms with Gasteiger partial charge in [-0.2, -0.15) is 0 Å². The third-order valence-electron chi connectivity index (χ3n) is 2.42. The SMILES string of the molecule is O=[N+]([O-])c1cc(Br)c(F)cc1NCCc1cscn1. The van der Waals surface area contributed by atoms with E-state index in [1.54, 1.807) is 5.51 Å². The molecule has 0 atom stereocenters. The average Bonchev–Trinajstić information content (AvgIpc) is 2.86. The highest BCUT2D eigenvalue weighted by Gasteiger charge is 2.17. The number of anilines is 1. The lowest BCUT2D eigenvalue weighted by molar-refractivity contribution is -0.384. The smallest absolute Gasteiger partial charge is 0.293 e. The second-order valence-corrected chi connectivity index (χ2v) is 5.27. The Morgan fingerprint density at radius 2 is 2.32 bits per heavy atom. The monoisotopic (exact) mass is 345 g/mol. The summed E-state index contributed by atoms with van der Waals surface area (Å²) in [6, 6.07) is 2.27. The second-order valence-electron chi connectivity index (χ2n) is 3.70. The lowest BCUT2D eigenvalue weighted by Gasteiger charge is -2.07. The van der Waals surface area contributed by atoms with Crippen molar-refractivity contribution in [1.82, 2.24) is 4.98 Å². The highest BCUT2D eigenvalue weighted by Crippen LogP contribution is 2.30. The first-order chi connectivity index (χ1) is 9.08. The van der Waals surface area contributed by atoms with Crippen molar-refractivity contribution < 1.29 is 9.31 Å². The van der Waals surface area contributed by atoms with Crippen LogP contribution in [0.1, 0.15) is 5.69 Å². The second kappa shape index (κ2) is 6.07. The number of hydrogen-bond donors (Lipinski definition) is 1. The molecule has 0 amide bonds. The van der Waals surface area contributed by atoms with Crippen molar-refractivity contribution in [1.29, 1.82) is 0 Å². The molecule has 0 unspecified atom stereocenters. The van der Waals surface area contributed by atoms with Crippen LogP contribution in [-0.4, -0.2) is 16.5 Å².